The number of nitrogens with zero attached hydrogens (tertiary/aromatic N) is 3. The number of thioether (sulfide) groups is 1. The van der Waals surface area contributed by atoms with Crippen LogP contribution in [-0.2, 0) is 17.8 Å². The lowest BCUT2D eigenvalue weighted by Crippen LogP contribution is -2.37. The number of carbonyl (C=O) groups is 1. The van der Waals surface area contributed by atoms with Crippen molar-refractivity contribution in [2.45, 2.75) is 44.9 Å². The lowest BCUT2D eigenvalue weighted by Gasteiger charge is -2.22. The maximum absolute atomic E-state index is 13.1. The zero-order valence-corrected chi connectivity index (χ0v) is 19.1. The molecule has 4 rings (SSSR count). The Hall–Kier alpha value is -2.24. The van der Waals surface area contributed by atoms with Crippen LogP contribution in [0.25, 0.3) is 11.3 Å². The zero-order valence-electron chi connectivity index (χ0n) is 17.5. The Kier molecular flexibility index (Phi) is 6.21. The summed E-state index contributed by atoms with van der Waals surface area (Å²) in [6, 6.07) is 16.2. The van der Waals surface area contributed by atoms with E-state index in [0.29, 0.717) is 16.7 Å². The number of anilines is 1. The van der Waals surface area contributed by atoms with Gasteiger partial charge in [-0.3, -0.25) is 4.79 Å². The molecule has 0 spiro atoms. The molecule has 1 aliphatic rings. The molecule has 3 aromatic rings. The van der Waals surface area contributed by atoms with E-state index in [2.05, 4.69) is 36.4 Å². The molecule has 0 saturated heterocycles. The first kappa shape index (κ1) is 21.0. The summed E-state index contributed by atoms with van der Waals surface area (Å²) >= 11 is 7.57. The van der Waals surface area contributed by atoms with Crippen LogP contribution in [-0.4, -0.2) is 27.3 Å². The zero-order chi connectivity index (χ0) is 21.3. The van der Waals surface area contributed by atoms with Crippen molar-refractivity contribution in [3.8, 4) is 11.3 Å². The van der Waals surface area contributed by atoms with Gasteiger partial charge in [0, 0.05) is 23.3 Å². The second-order valence-corrected chi connectivity index (χ2v) is 9.55. The number of hydrogen-bond acceptors (Lipinski definition) is 3. The highest BCUT2D eigenvalue weighted by molar-refractivity contribution is 7.99. The molecule has 0 fully saturated rings. The number of carbonyl (C=O) groups excluding carboxylic acids is 1. The van der Waals surface area contributed by atoms with E-state index < -0.39 is 0 Å². The molecular formula is C24H26ClN3OS. The van der Waals surface area contributed by atoms with Gasteiger partial charge < -0.3 is 9.47 Å². The van der Waals surface area contributed by atoms with E-state index in [4.69, 9.17) is 11.6 Å². The minimum Gasteiger partial charge on any atom is -0.319 e. The highest BCUT2D eigenvalue weighted by Gasteiger charge is 2.30. The molecule has 0 bridgehead atoms. The Labute approximate surface area is 187 Å². The molecule has 0 aliphatic carbocycles. The average Bonchev–Trinajstić information content (AvgIpc) is 3.26. The van der Waals surface area contributed by atoms with Gasteiger partial charge >= 0.3 is 0 Å². The highest BCUT2D eigenvalue weighted by atomic mass is 35.5. The van der Waals surface area contributed by atoms with Crippen LogP contribution >= 0.6 is 23.4 Å². The van der Waals surface area contributed by atoms with Gasteiger partial charge in [-0.2, -0.15) is 0 Å². The molecule has 4 nitrogen and oxygen atoms in total. The summed E-state index contributed by atoms with van der Waals surface area (Å²) in [6.45, 7) is 7.33. The van der Waals surface area contributed by atoms with Gasteiger partial charge in [-0.1, -0.05) is 67.5 Å². The monoisotopic (exact) mass is 439 g/mol. The number of fused-ring (bicyclic) bond motifs is 1. The summed E-state index contributed by atoms with van der Waals surface area (Å²) in [7, 11) is 0. The number of rotatable bonds is 6. The molecule has 2 heterocycles. The van der Waals surface area contributed by atoms with Gasteiger partial charge in [-0.25, -0.2) is 4.98 Å². The van der Waals surface area contributed by atoms with Crippen LogP contribution in [0.5, 0.6) is 0 Å². The number of hydrogen-bond donors (Lipinski definition) is 0. The van der Waals surface area contributed by atoms with Gasteiger partial charge in [0.1, 0.15) is 0 Å². The molecule has 1 amide bonds. The highest BCUT2D eigenvalue weighted by Crippen LogP contribution is 2.33. The van der Waals surface area contributed by atoms with Crippen molar-refractivity contribution in [2.24, 2.45) is 5.92 Å². The lowest BCUT2D eigenvalue weighted by molar-refractivity contribution is -0.116. The third-order valence-corrected chi connectivity index (χ3v) is 6.53. The van der Waals surface area contributed by atoms with E-state index in [0.717, 1.165) is 35.1 Å². The van der Waals surface area contributed by atoms with Crippen molar-refractivity contribution < 1.29 is 4.79 Å². The summed E-state index contributed by atoms with van der Waals surface area (Å²) < 4.78 is 2.22. The molecule has 1 aromatic heterocycles. The van der Waals surface area contributed by atoms with Crippen molar-refractivity contribution in [3.05, 3.63) is 65.3 Å². The van der Waals surface area contributed by atoms with Gasteiger partial charge in [0.25, 0.3) is 0 Å². The minimum absolute atomic E-state index is 0.129. The average molecular weight is 440 g/mol. The van der Waals surface area contributed by atoms with E-state index in [9.17, 15) is 4.79 Å². The van der Waals surface area contributed by atoms with Crippen LogP contribution in [0.2, 0.25) is 5.02 Å². The van der Waals surface area contributed by atoms with E-state index in [1.807, 2.05) is 53.6 Å². The molecule has 30 heavy (non-hydrogen) atoms. The van der Waals surface area contributed by atoms with Crippen LogP contribution in [0.3, 0.4) is 0 Å². The second kappa shape index (κ2) is 8.86. The van der Waals surface area contributed by atoms with Crippen LogP contribution in [0.1, 0.15) is 26.3 Å². The quantitative estimate of drug-likeness (QED) is 0.447. The fourth-order valence-electron chi connectivity index (χ4n) is 4.01. The van der Waals surface area contributed by atoms with Crippen molar-refractivity contribution in [2.75, 3.05) is 10.7 Å². The SMILES string of the molecule is CC(C)Cn1c(-c2ccc(Cl)cc2)cnc1SCC(=O)N1c2ccccc2C[C@H]1C. The van der Waals surface area contributed by atoms with Crippen LogP contribution in [0.15, 0.2) is 59.9 Å². The van der Waals surface area contributed by atoms with Gasteiger partial charge in [-0.15, -0.1) is 0 Å². The van der Waals surface area contributed by atoms with Crippen molar-refractivity contribution in [3.63, 3.8) is 0 Å². The molecule has 1 aliphatic heterocycles. The third kappa shape index (κ3) is 4.28. The largest absolute Gasteiger partial charge is 0.319 e. The van der Waals surface area contributed by atoms with Crippen LogP contribution in [0.4, 0.5) is 5.69 Å². The van der Waals surface area contributed by atoms with Crippen molar-refractivity contribution in [1.29, 1.82) is 0 Å². The molecular weight excluding hydrogens is 414 g/mol. The van der Waals surface area contributed by atoms with Gasteiger partial charge in [0.05, 0.1) is 17.6 Å². The fourth-order valence-corrected chi connectivity index (χ4v) is 4.98. The lowest BCUT2D eigenvalue weighted by atomic mass is 10.1. The molecule has 2 aromatic carbocycles. The van der Waals surface area contributed by atoms with Gasteiger partial charge in [0.2, 0.25) is 5.91 Å². The van der Waals surface area contributed by atoms with E-state index in [-0.39, 0.29) is 11.9 Å². The third-order valence-electron chi connectivity index (χ3n) is 5.31. The predicted octanol–water partition coefficient (Wildman–Crippen LogP) is 5.93. The predicted molar refractivity (Wildman–Crippen MR) is 125 cm³/mol. The molecule has 0 unspecified atom stereocenters. The smallest absolute Gasteiger partial charge is 0.237 e. The molecule has 0 saturated carbocycles. The Morgan fingerprint density at radius 2 is 1.93 bits per heavy atom. The first-order valence-electron chi connectivity index (χ1n) is 10.3. The Bertz CT molecular complexity index is 1040. The second-order valence-electron chi connectivity index (χ2n) is 8.17. The maximum Gasteiger partial charge on any atom is 0.237 e. The summed E-state index contributed by atoms with van der Waals surface area (Å²) in [4.78, 5) is 19.7. The standard InChI is InChI=1S/C24H26ClN3OS/c1-16(2)14-27-22(18-8-10-20(25)11-9-18)13-26-24(27)30-15-23(29)28-17(3)12-19-6-4-5-7-21(19)28/h4-11,13,16-17H,12,14-15H2,1-3H3/t17-/m1/s1. The van der Waals surface area contributed by atoms with Crippen LogP contribution < -0.4 is 4.90 Å². The topological polar surface area (TPSA) is 38.1 Å². The number of amides is 1. The Morgan fingerprint density at radius 1 is 1.20 bits per heavy atom. The molecule has 0 N–H and O–H groups in total. The molecule has 1 atom stereocenters. The maximum atomic E-state index is 13.1. The molecule has 156 valence electrons. The van der Waals surface area contributed by atoms with E-state index in [1.165, 1.54) is 17.3 Å². The number of aromatic nitrogens is 2. The van der Waals surface area contributed by atoms with Crippen LogP contribution in [0, 0.1) is 5.92 Å². The summed E-state index contributed by atoms with van der Waals surface area (Å²) in [5.74, 6) is 0.962. The first-order valence-corrected chi connectivity index (χ1v) is 11.6. The number of benzene rings is 2. The van der Waals surface area contributed by atoms with E-state index >= 15 is 0 Å². The van der Waals surface area contributed by atoms with Crippen molar-refractivity contribution >= 4 is 35.0 Å². The minimum atomic E-state index is 0.129. The number of imidazole rings is 1. The van der Waals surface area contributed by atoms with Crippen molar-refractivity contribution in [1.82, 2.24) is 9.55 Å². The summed E-state index contributed by atoms with van der Waals surface area (Å²) in [6.07, 6.45) is 2.81. The first-order chi connectivity index (χ1) is 14.4. The Balaban J connectivity index is 1.55. The fraction of sp³-hybridized carbons (Fsp3) is 0.333. The Morgan fingerprint density at radius 3 is 2.67 bits per heavy atom. The van der Waals surface area contributed by atoms with Gasteiger partial charge in [0.15, 0.2) is 5.16 Å². The molecule has 6 heteroatoms. The summed E-state index contributed by atoms with van der Waals surface area (Å²) in [5, 5.41) is 1.59. The molecule has 0 radical (unpaired) electrons. The normalized spacial score (nSPS) is 15.6. The van der Waals surface area contributed by atoms with Gasteiger partial charge in [-0.05, 0) is 48.6 Å². The van der Waals surface area contributed by atoms with E-state index in [1.54, 1.807) is 0 Å². The number of halogens is 1. The number of para-hydroxylation sites is 1. The summed E-state index contributed by atoms with van der Waals surface area (Å²) in [5.41, 5.74) is 4.42.